The van der Waals surface area contributed by atoms with Crippen LogP contribution in [0.25, 0.3) is 5.57 Å². The van der Waals surface area contributed by atoms with Crippen molar-refractivity contribution >= 4 is 45.8 Å². The van der Waals surface area contributed by atoms with Gasteiger partial charge in [0.1, 0.15) is 23.0 Å². The quantitative estimate of drug-likeness (QED) is 0.283. The summed E-state index contributed by atoms with van der Waals surface area (Å²) in [6, 6.07) is 22.4. The van der Waals surface area contributed by atoms with Crippen LogP contribution in [0.4, 0.5) is 11.4 Å². The van der Waals surface area contributed by atoms with Crippen LogP contribution in [0.15, 0.2) is 90.3 Å². The molecule has 3 aliphatic rings. The first-order valence-corrected chi connectivity index (χ1v) is 14.6. The molecule has 210 valence electrons. The topological polar surface area (TPSA) is 84.9 Å². The van der Waals surface area contributed by atoms with Gasteiger partial charge in [-0.2, -0.15) is 0 Å². The average Bonchev–Trinajstić information content (AvgIpc) is 3.73. The molecule has 1 N–H and O–H groups in total. The first-order valence-electron chi connectivity index (χ1n) is 13.7. The molecule has 1 saturated heterocycles. The zero-order valence-electron chi connectivity index (χ0n) is 23.3. The van der Waals surface area contributed by atoms with Crippen molar-refractivity contribution in [2.24, 2.45) is 5.92 Å². The van der Waals surface area contributed by atoms with Crippen LogP contribution >= 0.6 is 11.3 Å². The molecule has 1 aromatic heterocycles. The molecule has 4 atom stereocenters. The van der Waals surface area contributed by atoms with Crippen LogP contribution < -0.4 is 19.7 Å². The number of thiophene rings is 1. The molecular weight excluding hydrogens is 548 g/mol. The minimum atomic E-state index is -1.39. The Kier molecular flexibility index (Phi) is 6.06. The Labute approximate surface area is 247 Å². The molecule has 8 heteroatoms. The van der Waals surface area contributed by atoms with Crippen molar-refractivity contribution in [2.75, 3.05) is 24.4 Å². The van der Waals surface area contributed by atoms with Crippen LogP contribution in [0.5, 0.6) is 11.5 Å². The summed E-state index contributed by atoms with van der Waals surface area (Å²) in [4.78, 5) is 46.8. The van der Waals surface area contributed by atoms with E-state index in [4.69, 9.17) is 9.47 Å². The smallest absolute Gasteiger partial charge is 0.238 e. The number of benzene rings is 3. The van der Waals surface area contributed by atoms with Crippen molar-refractivity contribution in [2.45, 2.75) is 24.4 Å². The molecule has 1 amide bonds. The fourth-order valence-electron chi connectivity index (χ4n) is 7.13. The molecule has 3 aromatic carbocycles. The van der Waals surface area contributed by atoms with Gasteiger partial charge in [-0.1, -0.05) is 48.5 Å². The van der Waals surface area contributed by atoms with Crippen LogP contribution in [0.3, 0.4) is 0 Å². The van der Waals surface area contributed by atoms with E-state index in [1.165, 1.54) is 25.6 Å². The van der Waals surface area contributed by atoms with Gasteiger partial charge in [-0.15, -0.1) is 11.3 Å². The zero-order chi connectivity index (χ0) is 29.2. The Hall–Kier alpha value is -4.69. The molecule has 3 aliphatic heterocycles. The summed E-state index contributed by atoms with van der Waals surface area (Å²) in [5, 5.41) is 4.92. The number of para-hydroxylation sites is 2. The molecule has 4 heterocycles. The molecule has 0 saturated carbocycles. The number of ketones is 2. The zero-order valence-corrected chi connectivity index (χ0v) is 24.1. The molecule has 1 spiro atoms. The fourth-order valence-corrected chi connectivity index (χ4v) is 7.82. The van der Waals surface area contributed by atoms with E-state index in [2.05, 4.69) is 11.4 Å². The molecule has 4 aromatic rings. The summed E-state index contributed by atoms with van der Waals surface area (Å²) in [6.07, 6.45) is 2.05. The van der Waals surface area contributed by atoms with Crippen LogP contribution in [-0.4, -0.2) is 43.8 Å². The summed E-state index contributed by atoms with van der Waals surface area (Å²) in [7, 11) is 3.03. The lowest BCUT2D eigenvalue weighted by atomic mass is 9.64. The van der Waals surface area contributed by atoms with Gasteiger partial charge in [-0.3, -0.25) is 14.4 Å². The first-order chi connectivity index (χ1) is 20.4. The number of hydrogen-bond donors (Lipinski definition) is 1. The lowest BCUT2D eigenvalue weighted by Crippen LogP contribution is -2.51. The van der Waals surface area contributed by atoms with Crippen molar-refractivity contribution in [3.63, 3.8) is 0 Å². The van der Waals surface area contributed by atoms with Crippen molar-refractivity contribution in [1.82, 2.24) is 0 Å². The summed E-state index contributed by atoms with van der Waals surface area (Å²) >= 11 is 1.33. The van der Waals surface area contributed by atoms with E-state index in [-0.39, 0.29) is 23.0 Å². The summed E-state index contributed by atoms with van der Waals surface area (Å²) in [5.74, 6) is -1.12. The number of carbonyl (C=O) groups is 3. The number of carbonyl (C=O) groups excluding carboxylic acids is 3. The van der Waals surface area contributed by atoms with E-state index in [0.29, 0.717) is 27.6 Å². The van der Waals surface area contributed by atoms with Crippen molar-refractivity contribution < 1.29 is 23.9 Å². The van der Waals surface area contributed by atoms with Gasteiger partial charge < -0.3 is 19.7 Å². The predicted octanol–water partition coefficient (Wildman–Crippen LogP) is 6.01. The molecular formula is C34H28N2O5S. The Morgan fingerprint density at radius 3 is 2.48 bits per heavy atom. The minimum Gasteiger partial charge on any atom is -0.497 e. The van der Waals surface area contributed by atoms with E-state index < -0.39 is 23.4 Å². The maximum Gasteiger partial charge on any atom is 0.238 e. The van der Waals surface area contributed by atoms with Gasteiger partial charge in [0.05, 0.1) is 36.6 Å². The highest BCUT2D eigenvalue weighted by atomic mass is 32.1. The molecule has 7 nitrogen and oxygen atoms in total. The standard InChI is InChI=1S/C34H28N2O5S/c1-19-17-28-34(23-10-5-6-11-24(23)35-33(34)39)29(31(37)22-18-20(40-2)14-15-26(22)41-3)30(32(38)27-13-8-16-42-27)36(28)25-12-7-4-9-21(19)25/h4-18,28-30H,1-3H3,(H,35,39)/t28-,29+,30-,34-/m1/s1. The van der Waals surface area contributed by atoms with Crippen LogP contribution in [0.2, 0.25) is 0 Å². The second kappa shape index (κ2) is 9.70. The highest BCUT2D eigenvalue weighted by molar-refractivity contribution is 7.12. The van der Waals surface area contributed by atoms with Crippen molar-refractivity contribution in [3.05, 3.63) is 112 Å². The maximum atomic E-state index is 15.1. The molecule has 0 bridgehead atoms. The van der Waals surface area contributed by atoms with E-state index in [0.717, 1.165) is 16.8 Å². The second-order valence-electron chi connectivity index (χ2n) is 10.8. The fraction of sp³-hybridized carbons (Fsp3) is 0.206. The average molecular weight is 577 g/mol. The van der Waals surface area contributed by atoms with Crippen molar-refractivity contribution in [3.8, 4) is 11.5 Å². The van der Waals surface area contributed by atoms with Gasteiger partial charge in [0, 0.05) is 16.9 Å². The van der Waals surface area contributed by atoms with E-state index in [1.807, 2.05) is 71.8 Å². The first kappa shape index (κ1) is 26.2. The van der Waals surface area contributed by atoms with Gasteiger partial charge >= 0.3 is 0 Å². The number of fused-ring (bicyclic) bond motifs is 6. The Balaban J connectivity index is 1.57. The maximum absolute atomic E-state index is 15.1. The number of hydrogen-bond acceptors (Lipinski definition) is 7. The molecule has 1 fully saturated rings. The van der Waals surface area contributed by atoms with Crippen LogP contribution in [-0.2, 0) is 10.2 Å². The number of nitrogens with zero attached hydrogens (tertiary/aromatic N) is 1. The third kappa shape index (κ3) is 3.48. The summed E-state index contributed by atoms with van der Waals surface area (Å²) in [5.41, 5.74) is 2.98. The van der Waals surface area contributed by atoms with Gasteiger partial charge in [0.2, 0.25) is 5.91 Å². The molecule has 0 radical (unpaired) electrons. The van der Waals surface area contributed by atoms with Gasteiger partial charge in [0.15, 0.2) is 11.6 Å². The number of nitrogens with one attached hydrogen (secondary N) is 1. The lowest BCUT2D eigenvalue weighted by molar-refractivity contribution is -0.121. The predicted molar refractivity (Wildman–Crippen MR) is 163 cm³/mol. The SMILES string of the molecule is COc1ccc(OC)c(C(=O)[C@@H]2[C@H](C(=O)c3cccs3)N3c4ccccc4C(C)=C[C@@H]3[C@@]23C(=O)Nc2ccccc23)c1. The number of methoxy groups -OCH3 is 2. The molecule has 7 rings (SSSR count). The van der Waals surface area contributed by atoms with E-state index in [1.54, 1.807) is 24.3 Å². The number of amides is 1. The highest BCUT2D eigenvalue weighted by Crippen LogP contribution is 2.59. The number of anilines is 2. The normalized spacial score (nSPS) is 23.5. The lowest BCUT2D eigenvalue weighted by Gasteiger charge is -2.39. The number of rotatable bonds is 6. The molecule has 42 heavy (non-hydrogen) atoms. The Morgan fingerprint density at radius 1 is 0.929 bits per heavy atom. The summed E-state index contributed by atoms with van der Waals surface area (Å²) < 4.78 is 11.1. The van der Waals surface area contributed by atoms with Crippen LogP contribution in [0.1, 0.15) is 38.1 Å². The third-order valence-corrected chi connectivity index (χ3v) is 9.76. The number of ether oxygens (including phenoxy) is 2. The van der Waals surface area contributed by atoms with Gasteiger partial charge in [0.25, 0.3) is 0 Å². The van der Waals surface area contributed by atoms with Crippen molar-refractivity contribution in [1.29, 1.82) is 0 Å². The van der Waals surface area contributed by atoms with E-state index >= 15 is 4.79 Å². The minimum absolute atomic E-state index is 0.202. The second-order valence-corrected chi connectivity index (χ2v) is 11.7. The monoisotopic (exact) mass is 576 g/mol. The Bertz CT molecular complexity index is 1800. The summed E-state index contributed by atoms with van der Waals surface area (Å²) in [6.45, 7) is 2.01. The van der Waals surface area contributed by atoms with Gasteiger partial charge in [-0.25, -0.2) is 0 Å². The molecule has 0 aliphatic carbocycles. The van der Waals surface area contributed by atoms with Gasteiger partial charge in [-0.05, 0) is 59.8 Å². The Morgan fingerprint density at radius 2 is 1.71 bits per heavy atom. The number of Topliss-reactive ketones (excluding diaryl/α,β-unsaturated/α-hetero) is 2. The largest absolute Gasteiger partial charge is 0.497 e. The third-order valence-electron chi connectivity index (χ3n) is 8.87. The van der Waals surface area contributed by atoms with Crippen LogP contribution in [0, 0.1) is 5.92 Å². The number of allylic oxidation sites excluding steroid dienone is 1. The molecule has 0 unspecified atom stereocenters. The van der Waals surface area contributed by atoms with E-state index in [9.17, 15) is 9.59 Å². The highest BCUT2D eigenvalue weighted by Gasteiger charge is 2.70.